The Morgan fingerprint density at radius 1 is 1.23 bits per heavy atom. The van der Waals surface area contributed by atoms with Crippen LogP contribution in [0.4, 0.5) is 24.9 Å². The molecule has 0 radical (unpaired) electrons. The summed E-state index contributed by atoms with van der Waals surface area (Å²) in [6.45, 7) is 3.06. The van der Waals surface area contributed by atoms with Crippen LogP contribution in [0.15, 0.2) is 36.7 Å². The number of likely N-dealkylation sites (N-methyl/N-ethyl adjacent to an activating group) is 1. The van der Waals surface area contributed by atoms with E-state index in [-0.39, 0.29) is 29.6 Å². The molecule has 0 bridgehead atoms. The Bertz CT molecular complexity index is 1720. The van der Waals surface area contributed by atoms with Gasteiger partial charge in [0.05, 0.1) is 25.5 Å². The predicted molar refractivity (Wildman–Crippen MR) is 163 cm³/mol. The van der Waals surface area contributed by atoms with Gasteiger partial charge >= 0.3 is 12.1 Å². The minimum absolute atomic E-state index is 0.182. The Morgan fingerprint density at radius 2 is 2.00 bits per heavy atom. The average molecular weight is 676 g/mol. The highest BCUT2D eigenvalue weighted by molar-refractivity contribution is 5.84. The first-order valence-corrected chi connectivity index (χ1v) is 15.4. The minimum Gasteiger partial charge on any atom is -0.449 e. The third-order valence-electron chi connectivity index (χ3n) is 8.44. The number of aryl methyl sites for hydroxylation is 1. The number of hydrogen-bond donors (Lipinski definition) is 3. The van der Waals surface area contributed by atoms with Gasteiger partial charge in [-0.05, 0) is 44.6 Å². The van der Waals surface area contributed by atoms with Crippen LogP contribution in [0.25, 0.3) is 11.2 Å². The summed E-state index contributed by atoms with van der Waals surface area (Å²) in [5, 5.41) is 36.7. The van der Waals surface area contributed by atoms with E-state index >= 15 is 0 Å². The summed E-state index contributed by atoms with van der Waals surface area (Å²) in [7, 11) is 3.97. The van der Waals surface area contributed by atoms with Crippen molar-refractivity contribution >= 4 is 28.9 Å². The quantitative estimate of drug-likeness (QED) is 0.192. The molecule has 0 aliphatic carbocycles. The van der Waals surface area contributed by atoms with E-state index in [2.05, 4.69) is 30.6 Å². The first-order chi connectivity index (χ1) is 23.0. The minimum atomic E-state index is -5.33. The van der Waals surface area contributed by atoms with Crippen molar-refractivity contribution in [1.29, 1.82) is 0 Å². The molecule has 3 N–H and O–H groups in total. The van der Waals surface area contributed by atoms with E-state index in [0.29, 0.717) is 37.8 Å². The molecule has 16 nitrogen and oxygen atoms in total. The monoisotopic (exact) mass is 675 g/mol. The van der Waals surface area contributed by atoms with E-state index in [4.69, 9.17) is 19.4 Å². The van der Waals surface area contributed by atoms with Crippen molar-refractivity contribution in [3.63, 3.8) is 0 Å². The number of imidazole rings is 1. The SMILES string of the molecule is CCn1nnc([C@H]2O[C@@H](n3cnc4c(N[C@H](CO)Cc5ccccc5)nc(N5CC[C@@H](N(C)C)C5)nc43)[C@H](O)[C@@H]2OC(=O)C(F)(F)F)n1. The van der Waals surface area contributed by atoms with Crippen molar-refractivity contribution in [3.05, 3.63) is 48.0 Å². The maximum atomic E-state index is 13.3. The van der Waals surface area contributed by atoms with Crippen LogP contribution in [0.2, 0.25) is 0 Å². The van der Waals surface area contributed by atoms with E-state index in [1.54, 1.807) is 6.92 Å². The van der Waals surface area contributed by atoms with Crippen molar-refractivity contribution in [2.75, 3.05) is 44.0 Å². The van der Waals surface area contributed by atoms with Gasteiger partial charge in [-0.15, -0.1) is 10.2 Å². The Kier molecular flexibility index (Phi) is 9.46. The number of esters is 1. The van der Waals surface area contributed by atoms with Crippen molar-refractivity contribution in [2.24, 2.45) is 0 Å². The Morgan fingerprint density at radius 3 is 2.65 bits per heavy atom. The number of ether oxygens (including phenoxy) is 2. The molecule has 258 valence electrons. The van der Waals surface area contributed by atoms with Gasteiger partial charge in [-0.3, -0.25) is 4.57 Å². The Labute approximate surface area is 272 Å². The molecule has 4 aromatic rings. The number of carbonyl (C=O) groups excluding carboxylic acids is 1. The second kappa shape index (κ2) is 13.6. The van der Waals surface area contributed by atoms with Crippen molar-refractivity contribution in [3.8, 4) is 0 Å². The van der Waals surface area contributed by atoms with E-state index in [9.17, 15) is 28.2 Å². The molecule has 0 amide bonds. The van der Waals surface area contributed by atoms with Crippen LogP contribution in [0.1, 0.15) is 37.1 Å². The highest BCUT2D eigenvalue weighted by Crippen LogP contribution is 2.42. The van der Waals surface area contributed by atoms with Crippen molar-refractivity contribution in [2.45, 2.75) is 69.1 Å². The zero-order chi connectivity index (χ0) is 34.2. The van der Waals surface area contributed by atoms with Gasteiger partial charge in [0.25, 0.3) is 0 Å². The van der Waals surface area contributed by atoms with Crippen LogP contribution in [-0.4, -0.2) is 125 Å². The standard InChI is InChI=1S/C29H36F3N11O5/c1-4-43-38-24(37-39-43)22-21(48-27(46)29(30,31)32)20(45)26(47-22)42-15-33-19-23(34-17(14-44)12-16-8-6-5-7-9-16)35-28(36-25(19)42)41-11-10-18(13-41)40(2)3/h5-9,15,17-18,20-22,26,44-45H,4,10-14H2,1-3H3,(H,34,35,36)/t17-,18+,20+,21-,22-,26+/m0/s1. The van der Waals surface area contributed by atoms with Gasteiger partial charge in [0.2, 0.25) is 11.8 Å². The highest BCUT2D eigenvalue weighted by atomic mass is 19.4. The summed E-state index contributed by atoms with van der Waals surface area (Å²) >= 11 is 0. The summed E-state index contributed by atoms with van der Waals surface area (Å²) in [6.07, 6.45) is -9.30. The highest BCUT2D eigenvalue weighted by Gasteiger charge is 2.53. The number of halogens is 3. The summed E-state index contributed by atoms with van der Waals surface area (Å²) in [5.74, 6) is -2.05. The molecule has 0 unspecified atom stereocenters. The summed E-state index contributed by atoms with van der Waals surface area (Å²) in [6, 6.07) is 9.36. The van der Waals surface area contributed by atoms with Crippen LogP contribution in [-0.2, 0) is 27.2 Å². The third-order valence-corrected chi connectivity index (χ3v) is 8.44. The number of hydrogen-bond acceptors (Lipinski definition) is 14. The van der Waals surface area contributed by atoms with Crippen molar-refractivity contribution in [1.82, 2.24) is 44.6 Å². The number of benzene rings is 1. The zero-order valence-electron chi connectivity index (χ0n) is 26.4. The topological polar surface area (TPSA) is 182 Å². The van der Waals surface area contributed by atoms with E-state index < -0.39 is 42.7 Å². The predicted octanol–water partition coefficient (Wildman–Crippen LogP) is 1.09. The van der Waals surface area contributed by atoms with E-state index in [1.165, 1.54) is 15.7 Å². The van der Waals surface area contributed by atoms with Crippen LogP contribution >= 0.6 is 0 Å². The molecular weight excluding hydrogens is 639 g/mol. The second-order valence-electron chi connectivity index (χ2n) is 11.9. The number of fused-ring (bicyclic) bond motifs is 1. The fourth-order valence-electron chi connectivity index (χ4n) is 5.84. The number of alkyl halides is 3. The first-order valence-electron chi connectivity index (χ1n) is 15.4. The molecule has 3 aromatic heterocycles. The molecule has 5 heterocycles. The number of nitrogens with one attached hydrogen (secondary N) is 1. The first kappa shape index (κ1) is 33.4. The maximum Gasteiger partial charge on any atom is 0.490 e. The molecule has 6 rings (SSSR count). The lowest BCUT2D eigenvalue weighted by molar-refractivity contribution is -0.210. The number of tetrazole rings is 1. The maximum absolute atomic E-state index is 13.3. The zero-order valence-corrected chi connectivity index (χ0v) is 26.4. The van der Waals surface area contributed by atoms with Gasteiger partial charge in [-0.25, -0.2) is 9.78 Å². The van der Waals surface area contributed by atoms with Crippen LogP contribution in [0.3, 0.4) is 0 Å². The molecule has 48 heavy (non-hydrogen) atoms. The average Bonchev–Trinajstić information content (AvgIpc) is 3.87. The number of nitrogens with zero attached hydrogens (tertiary/aromatic N) is 10. The fraction of sp³-hybridized carbons (Fsp3) is 0.552. The summed E-state index contributed by atoms with van der Waals surface area (Å²) in [4.78, 5) is 31.3. The lowest BCUT2D eigenvalue weighted by Gasteiger charge is -2.23. The molecule has 2 aliphatic heterocycles. The second-order valence-corrected chi connectivity index (χ2v) is 11.9. The van der Waals surface area contributed by atoms with Gasteiger partial charge in [-0.1, -0.05) is 30.3 Å². The molecule has 0 saturated carbocycles. The number of carbonyl (C=O) groups is 1. The molecule has 0 spiro atoms. The number of rotatable bonds is 11. The molecule has 1 aromatic carbocycles. The number of anilines is 2. The van der Waals surface area contributed by atoms with E-state index in [0.717, 1.165) is 12.0 Å². The fourth-order valence-corrected chi connectivity index (χ4v) is 5.84. The van der Waals surface area contributed by atoms with Gasteiger partial charge in [0.15, 0.2) is 35.4 Å². The van der Waals surface area contributed by atoms with Gasteiger partial charge in [0.1, 0.15) is 6.10 Å². The Hall–Kier alpha value is -4.46. The summed E-state index contributed by atoms with van der Waals surface area (Å²) in [5.41, 5.74) is 1.42. The molecular formula is C29H36F3N11O5. The van der Waals surface area contributed by atoms with Crippen LogP contribution < -0.4 is 10.2 Å². The molecule has 19 heteroatoms. The van der Waals surface area contributed by atoms with Gasteiger partial charge < -0.3 is 34.8 Å². The molecule has 2 saturated heterocycles. The van der Waals surface area contributed by atoms with Crippen molar-refractivity contribution < 1.29 is 37.7 Å². The van der Waals surface area contributed by atoms with Gasteiger partial charge in [0, 0.05) is 19.1 Å². The third kappa shape index (κ3) is 6.75. The molecule has 6 atom stereocenters. The number of aliphatic hydroxyl groups excluding tert-OH is 2. The Balaban J connectivity index is 1.39. The largest absolute Gasteiger partial charge is 0.490 e. The smallest absolute Gasteiger partial charge is 0.449 e. The van der Waals surface area contributed by atoms with Gasteiger partial charge in [-0.2, -0.15) is 27.9 Å². The lowest BCUT2D eigenvalue weighted by Crippen LogP contribution is -2.38. The summed E-state index contributed by atoms with van der Waals surface area (Å²) < 4.78 is 52.0. The van der Waals surface area contributed by atoms with Crippen LogP contribution in [0.5, 0.6) is 0 Å². The van der Waals surface area contributed by atoms with Crippen LogP contribution in [0, 0.1) is 0 Å². The van der Waals surface area contributed by atoms with E-state index in [1.807, 2.05) is 49.3 Å². The molecule has 2 aliphatic rings. The number of aromatic nitrogens is 8. The molecule has 2 fully saturated rings. The number of aliphatic hydroxyl groups is 2. The normalized spacial score (nSPS) is 23.7. The lowest BCUT2D eigenvalue weighted by atomic mass is 10.1.